The van der Waals surface area contributed by atoms with Crippen molar-refractivity contribution in [1.29, 1.82) is 0 Å². The van der Waals surface area contributed by atoms with Crippen molar-refractivity contribution in [2.45, 2.75) is 19.8 Å². The molecule has 1 heterocycles. The molecule has 4 nitrogen and oxygen atoms in total. The molecule has 0 bridgehead atoms. The summed E-state index contributed by atoms with van der Waals surface area (Å²) in [5.41, 5.74) is 1.19. The van der Waals surface area contributed by atoms with Gasteiger partial charge in [0.05, 0.1) is 13.7 Å². The zero-order chi connectivity index (χ0) is 13.7. The SMILES string of the molecule is COC(=O)N1CCCC(COc2cccc(C)c2)C1. The van der Waals surface area contributed by atoms with E-state index in [2.05, 4.69) is 0 Å². The van der Waals surface area contributed by atoms with E-state index < -0.39 is 0 Å². The lowest BCUT2D eigenvalue weighted by Gasteiger charge is -2.31. The molecule has 19 heavy (non-hydrogen) atoms. The maximum absolute atomic E-state index is 11.5. The van der Waals surface area contributed by atoms with Crippen LogP contribution in [-0.2, 0) is 4.74 Å². The molecule has 1 fully saturated rings. The normalized spacial score (nSPS) is 19.1. The van der Waals surface area contributed by atoms with E-state index in [4.69, 9.17) is 9.47 Å². The van der Waals surface area contributed by atoms with Crippen molar-refractivity contribution < 1.29 is 14.3 Å². The first-order chi connectivity index (χ1) is 9.19. The first kappa shape index (κ1) is 13.7. The Morgan fingerprint density at radius 3 is 3.05 bits per heavy atom. The molecule has 104 valence electrons. The fourth-order valence-corrected chi connectivity index (χ4v) is 2.42. The van der Waals surface area contributed by atoms with E-state index in [1.165, 1.54) is 12.7 Å². The van der Waals surface area contributed by atoms with E-state index in [0.29, 0.717) is 12.5 Å². The Morgan fingerprint density at radius 2 is 2.32 bits per heavy atom. The van der Waals surface area contributed by atoms with Gasteiger partial charge in [-0.2, -0.15) is 0 Å². The van der Waals surface area contributed by atoms with Crippen molar-refractivity contribution in [3.05, 3.63) is 29.8 Å². The van der Waals surface area contributed by atoms with Crippen LogP contribution in [0.5, 0.6) is 5.75 Å². The summed E-state index contributed by atoms with van der Waals surface area (Å²) in [6.45, 7) is 4.20. The summed E-state index contributed by atoms with van der Waals surface area (Å²) < 4.78 is 10.6. The van der Waals surface area contributed by atoms with Gasteiger partial charge in [-0.25, -0.2) is 4.79 Å². The molecule has 1 atom stereocenters. The third-order valence-corrected chi connectivity index (χ3v) is 3.43. The minimum Gasteiger partial charge on any atom is -0.493 e. The highest BCUT2D eigenvalue weighted by molar-refractivity contribution is 5.67. The van der Waals surface area contributed by atoms with Crippen LogP contribution in [0.3, 0.4) is 0 Å². The summed E-state index contributed by atoms with van der Waals surface area (Å²) >= 11 is 0. The van der Waals surface area contributed by atoms with Gasteiger partial charge in [0.15, 0.2) is 0 Å². The van der Waals surface area contributed by atoms with E-state index in [-0.39, 0.29) is 6.09 Å². The topological polar surface area (TPSA) is 38.8 Å². The molecular formula is C15H21NO3. The van der Waals surface area contributed by atoms with Crippen molar-refractivity contribution in [3.8, 4) is 5.75 Å². The van der Waals surface area contributed by atoms with Gasteiger partial charge in [0.1, 0.15) is 5.75 Å². The molecule has 1 aromatic carbocycles. The van der Waals surface area contributed by atoms with Crippen LogP contribution >= 0.6 is 0 Å². The monoisotopic (exact) mass is 263 g/mol. The van der Waals surface area contributed by atoms with Gasteiger partial charge in [-0.3, -0.25) is 0 Å². The number of hydrogen-bond acceptors (Lipinski definition) is 3. The second kappa shape index (κ2) is 6.45. The zero-order valence-corrected chi connectivity index (χ0v) is 11.6. The van der Waals surface area contributed by atoms with Crippen molar-refractivity contribution in [3.63, 3.8) is 0 Å². The maximum Gasteiger partial charge on any atom is 0.409 e. The Labute approximate surface area is 114 Å². The second-order valence-electron chi connectivity index (χ2n) is 5.05. The van der Waals surface area contributed by atoms with Crippen LogP contribution in [0.2, 0.25) is 0 Å². The fraction of sp³-hybridized carbons (Fsp3) is 0.533. The smallest absolute Gasteiger partial charge is 0.409 e. The molecule has 1 aliphatic heterocycles. The molecule has 0 aromatic heterocycles. The molecule has 4 heteroatoms. The Morgan fingerprint density at radius 1 is 1.47 bits per heavy atom. The summed E-state index contributed by atoms with van der Waals surface area (Å²) in [5, 5.41) is 0. The molecule has 1 amide bonds. The first-order valence-electron chi connectivity index (χ1n) is 6.71. The summed E-state index contributed by atoms with van der Waals surface area (Å²) in [6.07, 6.45) is 1.87. The van der Waals surface area contributed by atoms with Crippen LogP contribution in [0, 0.1) is 12.8 Å². The van der Waals surface area contributed by atoms with Crippen LogP contribution in [0.15, 0.2) is 24.3 Å². The van der Waals surface area contributed by atoms with Crippen LogP contribution in [0.25, 0.3) is 0 Å². The molecule has 0 radical (unpaired) electrons. The largest absolute Gasteiger partial charge is 0.493 e. The predicted octanol–water partition coefficient (Wildman–Crippen LogP) is 2.85. The molecule has 0 N–H and O–H groups in total. The van der Waals surface area contributed by atoms with Crippen LogP contribution < -0.4 is 4.74 Å². The summed E-state index contributed by atoms with van der Waals surface area (Å²) in [5.74, 6) is 1.28. The fourth-order valence-electron chi connectivity index (χ4n) is 2.42. The second-order valence-corrected chi connectivity index (χ2v) is 5.05. The Hall–Kier alpha value is -1.71. The maximum atomic E-state index is 11.5. The number of likely N-dealkylation sites (tertiary alicyclic amines) is 1. The summed E-state index contributed by atoms with van der Waals surface area (Å²) in [7, 11) is 1.43. The average molecular weight is 263 g/mol. The number of methoxy groups -OCH3 is 1. The van der Waals surface area contributed by atoms with Gasteiger partial charge in [-0.1, -0.05) is 12.1 Å². The molecular weight excluding hydrogens is 242 g/mol. The molecule has 1 aliphatic rings. The molecule has 0 spiro atoms. The highest BCUT2D eigenvalue weighted by Gasteiger charge is 2.24. The summed E-state index contributed by atoms with van der Waals surface area (Å²) in [6, 6.07) is 8.04. The van der Waals surface area contributed by atoms with Gasteiger partial charge in [0.2, 0.25) is 0 Å². The van der Waals surface area contributed by atoms with E-state index in [1.807, 2.05) is 31.2 Å². The standard InChI is InChI=1S/C15H21NO3/c1-12-5-3-7-14(9-12)19-11-13-6-4-8-16(10-13)15(17)18-2/h3,5,7,9,13H,4,6,8,10-11H2,1-2H3. The van der Waals surface area contributed by atoms with E-state index >= 15 is 0 Å². The Balaban J connectivity index is 1.84. The molecule has 1 saturated heterocycles. The van der Waals surface area contributed by atoms with Gasteiger partial charge in [-0.15, -0.1) is 0 Å². The van der Waals surface area contributed by atoms with Crippen molar-refractivity contribution >= 4 is 6.09 Å². The number of hydrogen-bond donors (Lipinski definition) is 0. The lowest BCUT2D eigenvalue weighted by atomic mass is 9.99. The van der Waals surface area contributed by atoms with E-state index in [9.17, 15) is 4.79 Å². The minimum atomic E-state index is -0.236. The van der Waals surface area contributed by atoms with Crippen molar-refractivity contribution in [1.82, 2.24) is 4.90 Å². The molecule has 1 aromatic rings. The van der Waals surface area contributed by atoms with Gasteiger partial charge in [0, 0.05) is 19.0 Å². The van der Waals surface area contributed by atoms with Gasteiger partial charge in [0.25, 0.3) is 0 Å². The predicted molar refractivity (Wildman–Crippen MR) is 73.4 cm³/mol. The molecule has 0 saturated carbocycles. The first-order valence-corrected chi connectivity index (χ1v) is 6.71. The number of carbonyl (C=O) groups excluding carboxylic acids is 1. The van der Waals surface area contributed by atoms with Crippen molar-refractivity contribution in [2.75, 3.05) is 26.8 Å². The Kier molecular flexibility index (Phi) is 4.66. The zero-order valence-electron chi connectivity index (χ0n) is 11.6. The van der Waals surface area contributed by atoms with Crippen molar-refractivity contribution in [2.24, 2.45) is 5.92 Å². The lowest BCUT2D eigenvalue weighted by Crippen LogP contribution is -2.41. The third-order valence-electron chi connectivity index (χ3n) is 3.43. The molecule has 0 aliphatic carbocycles. The Bertz CT molecular complexity index is 433. The number of piperidine rings is 1. The number of rotatable bonds is 3. The van der Waals surface area contributed by atoms with Gasteiger partial charge in [-0.05, 0) is 37.5 Å². The van der Waals surface area contributed by atoms with Crippen LogP contribution in [-0.4, -0.2) is 37.8 Å². The summed E-state index contributed by atoms with van der Waals surface area (Å²) in [4.78, 5) is 13.3. The third kappa shape index (κ3) is 3.88. The highest BCUT2D eigenvalue weighted by Crippen LogP contribution is 2.19. The number of carbonyl (C=O) groups is 1. The minimum absolute atomic E-state index is 0.236. The van der Waals surface area contributed by atoms with Crippen LogP contribution in [0.4, 0.5) is 4.79 Å². The number of nitrogens with zero attached hydrogens (tertiary/aromatic N) is 1. The van der Waals surface area contributed by atoms with Gasteiger partial charge < -0.3 is 14.4 Å². The highest BCUT2D eigenvalue weighted by atomic mass is 16.5. The number of benzene rings is 1. The number of ether oxygens (including phenoxy) is 2. The van der Waals surface area contributed by atoms with E-state index in [1.54, 1.807) is 4.90 Å². The molecule has 1 unspecified atom stereocenters. The van der Waals surface area contributed by atoms with Crippen LogP contribution in [0.1, 0.15) is 18.4 Å². The number of aryl methyl sites for hydroxylation is 1. The number of amides is 1. The van der Waals surface area contributed by atoms with Gasteiger partial charge >= 0.3 is 6.09 Å². The average Bonchev–Trinajstić information content (AvgIpc) is 2.45. The molecule has 2 rings (SSSR count). The van der Waals surface area contributed by atoms with E-state index in [0.717, 1.165) is 31.7 Å². The quantitative estimate of drug-likeness (QED) is 0.841. The lowest BCUT2D eigenvalue weighted by molar-refractivity contribution is 0.0903.